The van der Waals surface area contributed by atoms with Crippen LogP contribution in [-0.2, 0) is 13.2 Å². The summed E-state index contributed by atoms with van der Waals surface area (Å²) in [4.78, 5) is 42.2. The van der Waals surface area contributed by atoms with E-state index in [0.717, 1.165) is 35.4 Å². The molecule has 3 amide bonds. The molecule has 0 spiro atoms. The third-order valence-electron chi connectivity index (χ3n) is 4.87. The Morgan fingerprint density at radius 3 is 2.37 bits per heavy atom. The Hall–Kier alpha value is -4.79. The molecule has 0 fully saturated rings. The van der Waals surface area contributed by atoms with E-state index in [9.17, 15) is 27.6 Å². The summed E-state index contributed by atoms with van der Waals surface area (Å²) in [6.45, 7) is 1.77. The number of thiazole rings is 1. The molecule has 0 aliphatic rings. The van der Waals surface area contributed by atoms with E-state index in [2.05, 4.69) is 20.4 Å². The van der Waals surface area contributed by atoms with Gasteiger partial charge >= 0.3 is 6.18 Å². The number of aryl methyl sites for hydroxylation is 2. The van der Waals surface area contributed by atoms with Crippen LogP contribution in [0.25, 0.3) is 10.6 Å². The van der Waals surface area contributed by atoms with Crippen LogP contribution in [0.5, 0.6) is 0 Å². The van der Waals surface area contributed by atoms with Crippen molar-refractivity contribution in [2.75, 3.05) is 11.1 Å². The lowest BCUT2D eigenvalue weighted by Gasteiger charge is -2.10. The lowest BCUT2D eigenvalue weighted by molar-refractivity contribution is -0.137. The molecule has 1 aromatic carbocycles. The van der Waals surface area contributed by atoms with Gasteiger partial charge in [0.1, 0.15) is 10.7 Å². The number of amides is 3. The van der Waals surface area contributed by atoms with E-state index in [0.29, 0.717) is 5.69 Å². The summed E-state index contributed by atoms with van der Waals surface area (Å²) in [5.74, 6) is -1.99. The smallest absolute Gasteiger partial charge is 0.396 e. The first-order valence-electron chi connectivity index (χ1n) is 10.6. The van der Waals surface area contributed by atoms with Gasteiger partial charge in [0.05, 0.1) is 22.5 Å². The Bertz CT molecular complexity index is 1510. The molecule has 11 nitrogen and oxygen atoms in total. The number of primary amides is 2. The normalized spacial score (nSPS) is 10.9. The highest BCUT2D eigenvalue weighted by atomic mass is 32.1. The van der Waals surface area contributed by atoms with E-state index in [1.54, 1.807) is 26.1 Å². The molecular weight excluding hydrogens is 525 g/mol. The Morgan fingerprint density at radius 1 is 1.11 bits per heavy atom. The summed E-state index contributed by atoms with van der Waals surface area (Å²) in [5.41, 5.74) is 15.9. The topological polar surface area (TPSA) is 185 Å². The quantitative estimate of drug-likeness (QED) is 0.296. The average Bonchev–Trinajstić information content (AvgIpc) is 3.45. The lowest BCUT2D eigenvalue weighted by atomic mass is 10.1. The number of aromatic nitrogens is 4. The number of pyridine rings is 1. The van der Waals surface area contributed by atoms with Gasteiger partial charge in [-0.3, -0.25) is 24.0 Å². The molecule has 0 bridgehead atoms. The van der Waals surface area contributed by atoms with Crippen LogP contribution in [0.1, 0.15) is 42.5 Å². The summed E-state index contributed by atoms with van der Waals surface area (Å²) < 4.78 is 41.0. The first kappa shape index (κ1) is 27.8. The summed E-state index contributed by atoms with van der Waals surface area (Å²) in [6.07, 6.45) is -0.962. The van der Waals surface area contributed by atoms with Crippen LogP contribution in [0.15, 0.2) is 48.2 Å². The maximum Gasteiger partial charge on any atom is 0.417 e. The third kappa shape index (κ3) is 6.50. The van der Waals surface area contributed by atoms with Crippen molar-refractivity contribution < 1.29 is 27.6 Å². The molecule has 3 aromatic heterocycles. The van der Waals surface area contributed by atoms with E-state index < -0.39 is 29.5 Å². The van der Waals surface area contributed by atoms with Crippen molar-refractivity contribution >= 4 is 40.4 Å². The monoisotopic (exact) mass is 546 g/mol. The number of carbonyl (C=O) groups is 3. The van der Waals surface area contributed by atoms with Crippen molar-refractivity contribution in [2.24, 2.45) is 18.5 Å². The van der Waals surface area contributed by atoms with Crippen molar-refractivity contribution in [1.82, 2.24) is 19.7 Å². The van der Waals surface area contributed by atoms with Crippen LogP contribution in [0.4, 0.5) is 24.5 Å². The number of hydrogen-bond donors (Lipinski definition) is 4. The fourth-order valence-corrected chi connectivity index (χ4v) is 4.00. The van der Waals surface area contributed by atoms with E-state index >= 15 is 0 Å². The van der Waals surface area contributed by atoms with Gasteiger partial charge in [-0.2, -0.15) is 18.3 Å². The molecule has 0 atom stereocenters. The van der Waals surface area contributed by atoms with Gasteiger partial charge in [-0.05, 0) is 30.7 Å². The van der Waals surface area contributed by atoms with Gasteiger partial charge in [-0.15, -0.1) is 11.3 Å². The van der Waals surface area contributed by atoms with Gasteiger partial charge in [-0.1, -0.05) is 6.07 Å². The van der Waals surface area contributed by atoms with Gasteiger partial charge in [0, 0.05) is 36.6 Å². The summed E-state index contributed by atoms with van der Waals surface area (Å²) in [7, 11) is 1.67. The Morgan fingerprint density at radius 2 is 1.82 bits per heavy atom. The molecule has 3 heterocycles. The van der Waals surface area contributed by atoms with Crippen LogP contribution in [0.2, 0.25) is 0 Å². The molecule has 0 saturated carbocycles. The molecule has 4 rings (SSSR count). The first-order valence-corrected chi connectivity index (χ1v) is 11.4. The maximum atomic E-state index is 13.2. The zero-order valence-corrected chi connectivity index (χ0v) is 20.7. The number of nitrogens with two attached hydrogens (primary N) is 3. The summed E-state index contributed by atoms with van der Waals surface area (Å²) >= 11 is 0.882. The molecule has 0 unspecified atom stereocenters. The minimum atomic E-state index is -4.58. The number of halogens is 3. The molecule has 0 aliphatic carbocycles. The van der Waals surface area contributed by atoms with Crippen LogP contribution in [0.3, 0.4) is 0 Å². The number of rotatable bonds is 5. The molecular formula is C23H21F3N8O3S. The number of benzene rings is 1. The van der Waals surface area contributed by atoms with Crippen molar-refractivity contribution in [3.05, 3.63) is 76.3 Å². The predicted octanol–water partition coefficient (Wildman–Crippen LogP) is 2.98. The summed E-state index contributed by atoms with van der Waals surface area (Å²) in [5, 5.41) is 7.59. The van der Waals surface area contributed by atoms with Crippen molar-refractivity contribution in [2.45, 2.75) is 13.1 Å². The van der Waals surface area contributed by atoms with Gasteiger partial charge < -0.3 is 22.5 Å². The van der Waals surface area contributed by atoms with Crippen LogP contribution in [-0.4, -0.2) is 37.5 Å². The lowest BCUT2D eigenvalue weighted by Crippen LogP contribution is -2.18. The second-order valence-corrected chi connectivity index (χ2v) is 8.65. The Balaban J connectivity index is 0.000000336. The molecule has 0 saturated heterocycles. The van der Waals surface area contributed by atoms with Gasteiger partial charge in [-0.25, -0.2) is 4.98 Å². The van der Waals surface area contributed by atoms with Crippen molar-refractivity contribution in [3.63, 3.8) is 0 Å². The standard InChI is InChI=1S/C18H13F3N4O2S.C5H8N4O/c1-9-2-3-10(15(22)26)13(6-9)24-16(27)14-8-28-17(25-14)11-7-23-5-4-12(11)18(19,20)21;1-9-2-3(6)4(8-9)5(7)10/h2-8H,1H3,(H2,22,26)(H,24,27);2H,6H2,1H3,(H2,7,10). The maximum absolute atomic E-state index is 13.2. The molecule has 0 radical (unpaired) electrons. The third-order valence-corrected chi connectivity index (χ3v) is 5.75. The van der Waals surface area contributed by atoms with Crippen LogP contribution < -0.4 is 22.5 Å². The number of nitrogens with zero attached hydrogens (tertiary/aromatic N) is 4. The second-order valence-electron chi connectivity index (χ2n) is 7.80. The largest absolute Gasteiger partial charge is 0.417 e. The fraction of sp³-hybridized carbons (Fsp3) is 0.130. The zero-order valence-electron chi connectivity index (χ0n) is 19.9. The van der Waals surface area contributed by atoms with Crippen molar-refractivity contribution in [1.29, 1.82) is 0 Å². The molecule has 198 valence electrons. The zero-order chi connectivity index (χ0) is 28.2. The SMILES string of the molecule is Cc1ccc(C(N)=O)c(NC(=O)c2csc(-c3cnccc3C(F)(F)F)n2)c1.Cn1cc(N)c(C(N)=O)n1. The molecule has 7 N–H and O–H groups in total. The minimum absolute atomic E-state index is 0.00458. The molecule has 4 aromatic rings. The highest BCUT2D eigenvalue weighted by Gasteiger charge is 2.34. The summed E-state index contributed by atoms with van der Waals surface area (Å²) in [6, 6.07) is 5.55. The highest BCUT2D eigenvalue weighted by molar-refractivity contribution is 7.13. The first-order chi connectivity index (χ1) is 17.8. The number of nitrogen functional groups attached to an aromatic ring is 1. The fourth-order valence-electron chi connectivity index (χ4n) is 3.17. The number of nitrogens with one attached hydrogen (secondary N) is 1. The Labute approximate surface area is 217 Å². The van der Waals surface area contributed by atoms with Crippen molar-refractivity contribution in [3.8, 4) is 10.6 Å². The van der Waals surface area contributed by atoms with E-state index in [-0.39, 0.29) is 33.2 Å². The molecule has 38 heavy (non-hydrogen) atoms. The highest BCUT2D eigenvalue weighted by Crippen LogP contribution is 2.37. The van der Waals surface area contributed by atoms with Gasteiger partial charge in [0.2, 0.25) is 0 Å². The van der Waals surface area contributed by atoms with Crippen LogP contribution in [0, 0.1) is 6.92 Å². The minimum Gasteiger partial charge on any atom is -0.396 e. The Kier molecular flexibility index (Phi) is 8.10. The molecule has 15 heteroatoms. The average molecular weight is 547 g/mol. The second kappa shape index (κ2) is 11.1. The predicted molar refractivity (Wildman–Crippen MR) is 134 cm³/mol. The number of hydrogen-bond acceptors (Lipinski definition) is 8. The van der Waals surface area contributed by atoms with Gasteiger partial charge in [0.25, 0.3) is 17.7 Å². The number of carbonyl (C=O) groups excluding carboxylic acids is 3. The van der Waals surface area contributed by atoms with E-state index in [1.165, 1.54) is 22.3 Å². The van der Waals surface area contributed by atoms with Gasteiger partial charge in [0.15, 0.2) is 5.69 Å². The van der Waals surface area contributed by atoms with E-state index in [4.69, 9.17) is 17.2 Å². The number of alkyl halides is 3. The van der Waals surface area contributed by atoms with E-state index in [1.807, 2.05) is 0 Å². The molecule has 0 aliphatic heterocycles. The number of anilines is 2. The van der Waals surface area contributed by atoms with Crippen LogP contribution >= 0.6 is 11.3 Å².